The van der Waals surface area contributed by atoms with E-state index in [2.05, 4.69) is 12.6 Å². The zero-order chi connectivity index (χ0) is 5.70. The minimum absolute atomic E-state index is 0.200. The highest BCUT2D eigenvalue weighted by Gasteiger charge is 1.91. The highest BCUT2D eigenvalue weighted by Crippen LogP contribution is 1.92. The first-order valence-electron chi connectivity index (χ1n) is 2.03. The van der Waals surface area contributed by atoms with Crippen LogP contribution in [0.5, 0.6) is 0 Å². The summed E-state index contributed by atoms with van der Waals surface area (Å²) in [6.45, 7) is -0.442. The molecule has 0 aromatic rings. The molecule has 0 aromatic carbocycles. The van der Waals surface area contributed by atoms with E-state index in [4.69, 9.17) is 0 Å². The second-order valence-corrected chi connectivity index (χ2v) is 1.62. The number of carbonyl (C=O) groups is 1. The number of alkyl halides is 1. The van der Waals surface area contributed by atoms with Crippen LogP contribution in [0.4, 0.5) is 4.39 Å². The van der Waals surface area contributed by atoms with Gasteiger partial charge in [0.25, 0.3) is 0 Å². The topological polar surface area (TPSA) is 17.1 Å². The standard InChI is InChI=1S/C4H6FOS/c5-3-1-2-4(6)7/h1-3H2. The predicted octanol–water partition coefficient (Wildman–Crippen LogP) is 1.46. The van der Waals surface area contributed by atoms with Gasteiger partial charge in [0, 0.05) is 6.42 Å². The highest BCUT2D eigenvalue weighted by molar-refractivity contribution is 7.96. The molecular formula is C4H6FOS. The Morgan fingerprint density at radius 2 is 2.29 bits per heavy atom. The van der Waals surface area contributed by atoms with Gasteiger partial charge in [-0.15, -0.1) is 0 Å². The Balaban J connectivity index is 2.82. The number of rotatable bonds is 3. The monoisotopic (exact) mass is 121 g/mol. The Morgan fingerprint density at radius 3 is 2.43 bits per heavy atom. The fraction of sp³-hybridized carbons (Fsp3) is 0.750. The summed E-state index contributed by atoms with van der Waals surface area (Å²) in [5.74, 6) is 0. The van der Waals surface area contributed by atoms with Crippen molar-refractivity contribution in [1.29, 1.82) is 0 Å². The molecule has 0 atom stereocenters. The second-order valence-electron chi connectivity index (χ2n) is 1.16. The van der Waals surface area contributed by atoms with Crippen LogP contribution in [-0.2, 0) is 4.79 Å². The molecule has 0 aliphatic heterocycles. The molecule has 0 aliphatic carbocycles. The van der Waals surface area contributed by atoms with Gasteiger partial charge in [0.1, 0.15) is 0 Å². The third-order valence-corrected chi connectivity index (χ3v) is 0.719. The van der Waals surface area contributed by atoms with Crippen molar-refractivity contribution in [1.82, 2.24) is 0 Å². The number of hydrogen-bond acceptors (Lipinski definition) is 1. The van der Waals surface area contributed by atoms with Gasteiger partial charge in [-0.1, -0.05) is 0 Å². The van der Waals surface area contributed by atoms with Gasteiger partial charge in [-0.25, -0.2) is 0 Å². The largest absolute Gasteiger partial charge is 0.282 e. The second kappa shape index (κ2) is 3.99. The lowest BCUT2D eigenvalue weighted by atomic mass is 10.4. The van der Waals surface area contributed by atoms with Crippen LogP contribution in [0.1, 0.15) is 12.8 Å². The van der Waals surface area contributed by atoms with Gasteiger partial charge >= 0.3 is 0 Å². The van der Waals surface area contributed by atoms with Crippen LogP contribution in [0.2, 0.25) is 0 Å². The Bertz CT molecular complexity index is 64.7. The molecule has 7 heavy (non-hydrogen) atoms. The maximum absolute atomic E-state index is 11.2. The van der Waals surface area contributed by atoms with E-state index < -0.39 is 6.67 Å². The molecule has 0 unspecified atom stereocenters. The molecule has 0 saturated carbocycles. The summed E-state index contributed by atoms with van der Waals surface area (Å²) >= 11 is 4.14. The molecule has 0 N–H and O–H groups in total. The van der Waals surface area contributed by atoms with Gasteiger partial charge in [-0.05, 0) is 19.0 Å². The summed E-state index contributed by atoms with van der Waals surface area (Å²) in [7, 11) is 0. The molecule has 3 heteroatoms. The minimum atomic E-state index is -0.442. The van der Waals surface area contributed by atoms with E-state index in [1.54, 1.807) is 0 Å². The zero-order valence-corrected chi connectivity index (χ0v) is 4.63. The molecule has 0 amide bonds. The van der Waals surface area contributed by atoms with E-state index >= 15 is 0 Å². The Kier molecular flexibility index (Phi) is 3.89. The fourth-order valence-corrected chi connectivity index (χ4v) is 0.355. The lowest BCUT2D eigenvalue weighted by molar-refractivity contribution is -0.110. The van der Waals surface area contributed by atoms with E-state index in [-0.39, 0.29) is 18.0 Å². The number of carbonyl (C=O) groups excluding carboxylic acids is 1. The third kappa shape index (κ3) is 5.82. The smallest absolute Gasteiger partial charge is 0.218 e. The van der Waals surface area contributed by atoms with Crippen molar-refractivity contribution >= 4 is 17.7 Å². The van der Waals surface area contributed by atoms with Crippen molar-refractivity contribution in [3.63, 3.8) is 0 Å². The van der Waals surface area contributed by atoms with Crippen LogP contribution in [0.3, 0.4) is 0 Å². The van der Waals surface area contributed by atoms with E-state index in [1.807, 2.05) is 0 Å². The summed E-state index contributed by atoms with van der Waals surface area (Å²) in [6, 6.07) is 0. The van der Waals surface area contributed by atoms with E-state index in [0.29, 0.717) is 0 Å². The Morgan fingerprint density at radius 1 is 1.71 bits per heavy atom. The van der Waals surface area contributed by atoms with Gasteiger partial charge in [0.05, 0.1) is 6.67 Å². The van der Waals surface area contributed by atoms with E-state index in [1.165, 1.54) is 0 Å². The van der Waals surface area contributed by atoms with E-state index in [9.17, 15) is 9.18 Å². The minimum Gasteiger partial charge on any atom is -0.282 e. The van der Waals surface area contributed by atoms with Crippen LogP contribution in [0.25, 0.3) is 0 Å². The molecule has 0 fully saturated rings. The van der Waals surface area contributed by atoms with Gasteiger partial charge in [0.15, 0.2) is 0 Å². The molecule has 0 spiro atoms. The average molecular weight is 121 g/mol. The SMILES string of the molecule is O=C([S])CCCF. The molecule has 0 aromatic heterocycles. The average Bonchev–Trinajstić information content (AvgIpc) is 1.61. The molecule has 1 radical (unpaired) electrons. The summed E-state index contributed by atoms with van der Waals surface area (Å²) in [4.78, 5) is 9.85. The van der Waals surface area contributed by atoms with E-state index in [0.717, 1.165) is 0 Å². The summed E-state index contributed by atoms with van der Waals surface area (Å²) < 4.78 is 11.2. The molecular weight excluding hydrogens is 115 g/mol. The summed E-state index contributed by atoms with van der Waals surface area (Å²) in [6.07, 6.45) is 0.480. The lowest BCUT2D eigenvalue weighted by Gasteiger charge is -1.82. The van der Waals surface area contributed by atoms with Crippen LogP contribution in [0.15, 0.2) is 0 Å². The first-order chi connectivity index (χ1) is 3.27. The first kappa shape index (κ1) is 6.82. The molecule has 0 bridgehead atoms. The summed E-state index contributed by atoms with van der Waals surface area (Å²) in [5, 5.41) is -0.349. The van der Waals surface area contributed by atoms with Gasteiger partial charge < -0.3 is 0 Å². The first-order valence-corrected chi connectivity index (χ1v) is 2.44. The van der Waals surface area contributed by atoms with Gasteiger partial charge in [0.2, 0.25) is 5.12 Å². The molecule has 0 heterocycles. The van der Waals surface area contributed by atoms with Crippen molar-refractivity contribution in [2.45, 2.75) is 12.8 Å². The molecule has 1 nitrogen and oxygen atoms in total. The molecule has 0 saturated heterocycles. The fourth-order valence-electron chi connectivity index (χ4n) is 0.211. The van der Waals surface area contributed by atoms with Crippen LogP contribution < -0.4 is 0 Å². The van der Waals surface area contributed by atoms with Crippen molar-refractivity contribution in [2.24, 2.45) is 0 Å². The lowest BCUT2D eigenvalue weighted by Crippen LogP contribution is -1.85. The van der Waals surface area contributed by atoms with Gasteiger partial charge in [-0.3, -0.25) is 9.18 Å². The molecule has 0 rings (SSSR count). The molecule has 0 aliphatic rings. The maximum Gasteiger partial charge on any atom is 0.218 e. The quantitative estimate of drug-likeness (QED) is 0.552. The Hall–Kier alpha value is -0.180. The highest BCUT2D eigenvalue weighted by atomic mass is 32.1. The number of hydrogen-bond donors (Lipinski definition) is 0. The number of halogens is 1. The molecule has 41 valence electrons. The normalized spacial score (nSPS) is 8.71. The summed E-state index contributed by atoms with van der Waals surface area (Å²) in [5.41, 5.74) is 0. The van der Waals surface area contributed by atoms with Crippen LogP contribution in [0, 0.1) is 0 Å². The van der Waals surface area contributed by atoms with Crippen LogP contribution >= 0.6 is 12.6 Å². The maximum atomic E-state index is 11.2. The third-order valence-electron chi connectivity index (χ3n) is 0.515. The van der Waals surface area contributed by atoms with Crippen molar-refractivity contribution in [3.05, 3.63) is 0 Å². The van der Waals surface area contributed by atoms with Crippen molar-refractivity contribution in [3.8, 4) is 0 Å². The Labute approximate surface area is 47.3 Å². The predicted molar refractivity (Wildman–Crippen MR) is 27.8 cm³/mol. The van der Waals surface area contributed by atoms with Crippen LogP contribution in [-0.4, -0.2) is 11.8 Å². The van der Waals surface area contributed by atoms with Crippen molar-refractivity contribution in [2.75, 3.05) is 6.67 Å². The van der Waals surface area contributed by atoms with Gasteiger partial charge in [-0.2, -0.15) is 0 Å². The van der Waals surface area contributed by atoms with Crippen molar-refractivity contribution < 1.29 is 9.18 Å². The zero-order valence-electron chi connectivity index (χ0n) is 3.82.